The van der Waals surface area contributed by atoms with Crippen molar-refractivity contribution in [2.24, 2.45) is 0 Å². The molecule has 0 aliphatic carbocycles. The quantitative estimate of drug-likeness (QED) is 0.587. The number of aromatic nitrogens is 2. The van der Waals surface area contributed by atoms with Gasteiger partial charge in [-0.05, 0) is 62.2 Å². The van der Waals surface area contributed by atoms with Gasteiger partial charge in [0, 0.05) is 18.7 Å². The number of hydrogen-bond acceptors (Lipinski definition) is 6. The molecule has 3 aromatic rings. The second-order valence-corrected chi connectivity index (χ2v) is 7.72. The third kappa shape index (κ3) is 4.07. The highest BCUT2D eigenvalue weighted by Gasteiger charge is 2.15. The summed E-state index contributed by atoms with van der Waals surface area (Å²) in [5, 5.41) is 3.33. The van der Waals surface area contributed by atoms with Crippen LogP contribution in [-0.4, -0.2) is 54.3 Å². The van der Waals surface area contributed by atoms with E-state index in [1.807, 2.05) is 37.2 Å². The Labute approximate surface area is 178 Å². The summed E-state index contributed by atoms with van der Waals surface area (Å²) in [6.07, 6.45) is 0. The Morgan fingerprint density at radius 1 is 1.20 bits per heavy atom. The summed E-state index contributed by atoms with van der Waals surface area (Å²) in [4.78, 5) is 30.5. The minimum absolute atomic E-state index is 0.192. The normalized spacial score (nSPS) is 12.5. The molecule has 2 heterocycles. The average molecular weight is 426 g/mol. The summed E-state index contributed by atoms with van der Waals surface area (Å²) >= 11 is 5.42. The van der Waals surface area contributed by atoms with E-state index >= 15 is 0 Å². The lowest BCUT2D eigenvalue weighted by Gasteiger charge is -2.11. The van der Waals surface area contributed by atoms with Crippen LogP contribution in [0.2, 0.25) is 0 Å². The number of amides is 1. The summed E-state index contributed by atoms with van der Waals surface area (Å²) in [5.41, 5.74) is 1.66. The molecule has 4 rings (SSSR count). The molecule has 30 heavy (non-hydrogen) atoms. The SMILES string of the molecule is CN(C)CCNC(=O)c1ccc2c(=O)n(Cc3ccc4c(c3)OCO4)c(=S)[nH]c2c1. The first-order valence-corrected chi connectivity index (χ1v) is 9.91. The topological polar surface area (TPSA) is 88.6 Å². The number of nitrogens with one attached hydrogen (secondary N) is 2. The van der Waals surface area contributed by atoms with Crippen LogP contribution in [0.3, 0.4) is 0 Å². The molecular weight excluding hydrogens is 404 g/mol. The average Bonchev–Trinajstić information content (AvgIpc) is 3.18. The van der Waals surface area contributed by atoms with Crippen LogP contribution in [0.5, 0.6) is 11.5 Å². The maximum absolute atomic E-state index is 13.0. The van der Waals surface area contributed by atoms with Crippen molar-refractivity contribution in [1.82, 2.24) is 19.8 Å². The first-order chi connectivity index (χ1) is 14.4. The van der Waals surface area contributed by atoms with Crippen molar-refractivity contribution in [3.63, 3.8) is 0 Å². The number of likely N-dealkylation sites (N-methyl/N-ethyl adjacent to an activating group) is 1. The Balaban J connectivity index is 1.61. The van der Waals surface area contributed by atoms with Gasteiger partial charge in [0.2, 0.25) is 6.79 Å². The number of aromatic amines is 1. The molecule has 2 aromatic carbocycles. The molecular formula is C21H22N4O4S. The number of fused-ring (bicyclic) bond motifs is 2. The fourth-order valence-electron chi connectivity index (χ4n) is 3.26. The van der Waals surface area contributed by atoms with Gasteiger partial charge in [0.05, 0.1) is 17.4 Å². The molecule has 1 amide bonds. The second-order valence-electron chi connectivity index (χ2n) is 7.33. The van der Waals surface area contributed by atoms with Crippen molar-refractivity contribution in [2.75, 3.05) is 34.0 Å². The number of hydrogen-bond donors (Lipinski definition) is 2. The van der Waals surface area contributed by atoms with E-state index in [-0.39, 0.29) is 23.0 Å². The van der Waals surface area contributed by atoms with Crippen molar-refractivity contribution >= 4 is 29.0 Å². The van der Waals surface area contributed by atoms with Crippen molar-refractivity contribution < 1.29 is 14.3 Å². The van der Waals surface area contributed by atoms with Gasteiger partial charge in [0.1, 0.15) is 0 Å². The van der Waals surface area contributed by atoms with Gasteiger partial charge in [0.25, 0.3) is 11.5 Å². The molecule has 0 saturated carbocycles. The van der Waals surface area contributed by atoms with Gasteiger partial charge >= 0.3 is 0 Å². The van der Waals surface area contributed by atoms with E-state index in [1.165, 1.54) is 4.57 Å². The van der Waals surface area contributed by atoms with Gasteiger partial charge in [-0.15, -0.1) is 0 Å². The summed E-state index contributed by atoms with van der Waals surface area (Å²) < 4.78 is 12.5. The number of carbonyl (C=O) groups is 1. The summed E-state index contributed by atoms with van der Waals surface area (Å²) in [7, 11) is 3.88. The zero-order valence-corrected chi connectivity index (χ0v) is 17.5. The smallest absolute Gasteiger partial charge is 0.262 e. The maximum Gasteiger partial charge on any atom is 0.262 e. The van der Waals surface area contributed by atoms with Crippen LogP contribution in [0, 0.1) is 4.77 Å². The van der Waals surface area contributed by atoms with Crippen LogP contribution in [-0.2, 0) is 6.54 Å². The molecule has 0 radical (unpaired) electrons. The molecule has 156 valence electrons. The highest BCUT2D eigenvalue weighted by atomic mass is 32.1. The lowest BCUT2D eigenvalue weighted by Crippen LogP contribution is -2.31. The minimum atomic E-state index is -0.217. The van der Waals surface area contributed by atoms with E-state index < -0.39 is 0 Å². The van der Waals surface area contributed by atoms with E-state index in [4.69, 9.17) is 21.7 Å². The molecule has 0 bridgehead atoms. The Bertz CT molecular complexity index is 1230. The third-order valence-corrected chi connectivity index (χ3v) is 5.19. The van der Waals surface area contributed by atoms with Crippen molar-refractivity contribution in [3.05, 3.63) is 62.6 Å². The Morgan fingerprint density at radius 3 is 2.80 bits per heavy atom. The van der Waals surface area contributed by atoms with Gasteiger partial charge in [-0.1, -0.05) is 6.07 Å². The van der Waals surface area contributed by atoms with Crippen molar-refractivity contribution in [2.45, 2.75) is 6.54 Å². The number of carbonyl (C=O) groups excluding carboxylic acids is 1. The van der Waals surface area contributed by atoms with Crippen molar-refractivity contribution in [1.29, 1.82) is 0 Å². The van der Waals surface area contributed by atoms with Crippen LogP contribution < -0.4 is 20.3 Å². The molecule has 0 unspecified atom stereocenters. The first-order valence-electron chi connectivity index (χ1n) is 9.51. The van der Waals surface area contributed by atoms with Crippen LogP contribution >= 0.6 is 12.2 Å². The number of benzene rings is 2. The van der Waals surface area contributed by atoms with Gasteiger partial charge in [0.15, 0.2) is 16.3 Å². The van der Waals surface area contributed by atoms with E-state index in [0.717, 1.165) is 12.1 Å². The standard InChI is InChI=1S/C21H22N4O4S/c1-24(2)8-7-22-19(26)14-4-5-15-16(10-14)23-21(30)25(20(15)27)11-13-3-6-17-18(9-13)29-12-28-17/h3-6,9-10H,7-8,11-12H2,1-2H3,(H,22,26)(H,23,30). The Morgan fingerprint density at radius 2 is 2.00 bits per heavy atom. The molecule has 0 spiro atoms. The lowest BCUT2D eigenvalue weighted by atomic mass is 10.1. The molecule has 0 saturated heterocycles. The van der Waals surface area contributed by atoms with Crippen molar-refractivity contribution in [3.8, 4) is 11.5 Å². The monoisotopic (exact) mass is 426 g/mol. The van der Waals surface area contributed by atoms with Gasteiger partial charge in [-0.25, -0.2) is 0 Å². The predicted octanol–water partition coefficient (Wildman–Crippen LogP) is 2.13. The molecule has 1 aliphatic heterocycles. The first kappa shape index (κ1) is 20.1. The van der Waals surface area contributed by atoms with Gasteiger partial charge in [-0.3, -0.25) is 14.2 Å². The summed E-state index contributed by atoms with van der Waals surface area (Å²) in [5.74, 6) is 1.15. The molecule has 9 heteroatoms. The second kappa shape index (κ2) is 8.29. The zero-order valence-electron chi connectivity index (χ0n) is 16.7. The molecule has 2 N–H and O–H groups in total. The van der Waals surface area contributed by atoms with Gasteiger partial charge in [-0.2, -0.15) is 0 Å². The zero-order chi connectivity index (χ0) is 21.3. The maximum atomic E-state index is 13.0. The molecule has 8 nitrogen and oxygen atoms in total. The molecule has 0 fully saturated rings. The molecule has 1 aromatic heterocycles. The number of rotatable bonds is 6. The fraction of sp³-hybridized carbons (Fsp3) is 0.286. The van der Waals surface area contributed by atoms with Crippen LogP contribution in [0.4, 0.5) is 0 Å². The third-order valence-electron chi connectivity index (χ3n) is 4.87. The molecule has 0 atom stereocenters. The Hall–Kier alpha value is -3.17. The summed E-state index contributed by atoms with van der Waals surface area (Å²) in [6, 6.07) is 10.5. The van der Waals surface area contributed by atoms with Crippen LogP contribution in [0.25, 0.3) is 10.9 Å². The molecule has 1 aliphatic rings. The van der Waals surface area contributed by atoms with Crippen LogP contribution in [0.1, 0.15) is 15.9 Å². The van der Waals surface area contributed by atoms with Crippen LogP contribution in [0.15, 0.2) is 41.2 Å². The highest BCUT2D eigenvalue weighted by Crippen LogP contribution is 2.32. The predicted molar refractivity (Wildman–Crippen MR) is 116 cm³/mol. The lowest BCUT2D eigenvalue weighted by molar-refractivity contribution is 0.0951. The fourth-order valence-corrected chi connectivity index (χ4v) is 3.51. The highest BCUT2D eigenvalue weighted by molar-refractivity contribution is 7.71. The van der Waals surface area contributed by atoms with E-state index in [1.54, 1.807) is 18.2 Å². The van der Waals surface area contributed by atoms with E-state index in [0.29, 0.717) is 41.1 Å². The number of nitrogens with zero attached hydrogens (tertiary/aromatic N) is 2. The van der Waals surface area contributed by atoms with Gasteiger partial charge < -0.3 is 24.7 Å². The largest absolute Gasteiger partial charge is 0.454 e. The van der Waals surface area contributed by atoms with E-state index in [9.17, 15) is 9.59 Å². The number of ether oxygens (including phenoxy) is 2. The Kier molecular flexibility index (Phi) is 5.56. The number of H-pyrrole nitrogens is 1. The van der Waals surface area contributed by atoms with E-state index in [2.05, 4.69) is 10.3 Å². The summed E-state index contributed by atoms with van der Waals surface area (Å²) in [6.45, 7) is 1.77. The minimum Gasteiger partial charge on any atom is -0.454 e.